The normalized spacial score (nSPS) is 22.4. The number of aromatic hydroxyl groups is 1. The van der Waals surface area contributed by atoms with Gasteiger partial charge < -0.3 is 15.2 Å². The van der Waals surface area contributed by atoms with Gasteiger partial charge in [0.2, 0.25) is 0 Å². The average Bonchev–Trinajstić information content (AvgIpc) is 2.58. The summed E-state index contributed by atoms with van der Waals surface area (Å²) >= 11 is 0. The number of piperazine rings is 1. The number of phenolic OH excluding ortho intramolecular Hbond substituents is 1. The van der Waals surface area contributed by atoms with E-state index in [-0.39, 0.29) is 6.04 Å². The molecule has 2 aliphatic rings. The zero-order valence-electron chi connectivity index (χ0n) is 13.6. The lowest BCUT2D eigenvalue weighted by Gasteiger charge is -2.41. The second-order valence-corrected chi connectivity index (χ2v) is 6.52. The summed E-state index contributed by atoms with van der Waals surface area (Å²) in [6.45, 7) is 4.13. The van der Waals surface area contributed by atoms with Gasteiger partial charge in [0.1, 0.15) is 11.5 Å². The van der Waals surface area contributed by atoms with Gasteiger partial charge in [0, 0.05) is 32.2 Å². The molecule has 4 nitrogen and oxygen atoms in total. The van der Waals surface area contributed by atoms with E-state index in [0.717, 1.165) is 37.5 Å². The Morgan fingerprint density at radius 3 is 2.59 bits per heavy atom. The SMILES string of the molecule is COc1cccc(O)c1[C@H](C1CCCCC1)N1CCNCC1. The highest BCUT2D eigenvalue weighted by Crippen LogP contribution is 2.45. The lowest BCUT2D eigenvalue weighted by atomic mass is 9.79. The number of nitrogens with one attached hydrogen (secondary N) is 1. The van der Waals surface area contributed by atoms with Crippen molar-refractivity contribution in [1.82, 2.24) is 10.2 Å². The quantitative estimate of drug-likeness (QED) is 0.898. The van der Waals surface area contributed by atoms with Crippen LogP contribution in [0, 0.1) is 5.92 Å². The fourth-order valence-corrected chi connectivity index (χ4v) is 4.13. The van der Waals surface area contributed by atoms with Crippen LogP contribution >= 0.6 is 0 Å². The van der Waals surface area contributed by atoms with Crippen LogP contribution in [-0.2, 0) is 0 Å². The van der Waals surface area contributed by atoms with Crippen molar-refractivity contribution in [2.75, 3.05) is 33.3 Å². The van der Waals surface area contributed by atoms with Gasteiger partial charge in [0.15, 0.2) is 0 Å². The standard InChI is InChI=1S/C18H28N2O2/c1-22-16-9-5-8-15(21)17(16)18(14-6-3-2-4-7-14)20-12-10-19-11-13-20/h5,8-9,14,18-19,21H,2-4,6-7,10-13H2,1H3/t18-/m0/s1. The van der Waals surface area contributed by atoms with Crippen LogP contribution in [-0.4, -0.2) is 43.3 Å². The third kappa shape index (κ3) is 3.23. The highest BCUT2D eigenvalue weighted by molar-refractivity contribution is 5.46. The maximum atomic E-state index is 10.5. The number of rotatable bonds is 4. The van der Waals surface area contributed by atoms with E-state index in [1.54, 1.807) is 13.2 Å². The van der Waals surface area contributed by atoms with Crippen LogP contribution in [0.5, 0.6) is 11.5 Å². The molecule has 2 fully saturated rings. The van der Waals surface area contributed by atoms with Crippen molar-refractivity contribution in [3.05, 3.63) is 23.8 Å². The first-order valence-electron chi connectivity index (χ1n) is 8.62. The summed E-state index contributed by atoms with van der Waals surface area (Å²) in [6.07, 6.45) is 6.48. The molecule has 1 aromatic rings. The predicted molar refractivity (Wildman–Crippen MR) is 88.4 cm³/mol. The van der Waals surface area contributed by atoms with Gasteiger partial charge in [-0.15, -0.1) is 0 Å². The van der Waals surface area contributed by atoms with Gasteiger partial charge in [-0.2, -0.15) is 0 Å². The Morgan fingerprint density at radius 1 is 1.18 bits per heavy atom. The number of methoxy groups -OCH3 is 1. The lowest BCUT2D eigenvalue weighted by Crippen LogP contribution is -2.47. The first kappa shape index (κ1) is 15.6. The number of benzene rings is 1. The van der Waals surface area contributed by atoms with E-state index < -0.39 is 0 Å². The summed E-state index contributed by atoms with van der Waals surface area (Å²) in [4.78, 5) is 2.55. The van der Waals surface area contributed by atoms with E-state index in [1.807, 2.05) is 12.1 Å². The fourth-order valence-electron chi connectivity index (χ4n) is 4.13. The van der Waals surface area contributed by atoms with Crippen LogP contribution in [0.15, 0.2) is 18.2 Å². The van der Waals surface area contributed by atoms with Crippen molar-refractivity contribution in [2.45, 2.75) is 38.1 Å². The smallest absolute Gasteiger partial charge is 0.127 e. The molecule has 1 atom stereocenters. The second kappa shape index (κ2) is 7.34. The van der Waals surface area contributed by atoms with E-state index in [1.165, 1.54) is 32.1 Å². The Morgan fingerprint density at radius 2 is 1.91 bits per heavy atom. The molecule has 0 aromatic heterocycles. The van der Waals surface area contributed by atoms with E-state index in [0.29, 0.717) is 11.7 Å². The minimum Gasteiger partial charge on any atom is -0.507 e. The Hall–Kier alpha value is -1.26. The maximum Gasteiger partial charge on any atom is 0.127 e. The van der Waals surface area contributed by atoms with Crippen molar-refractivity contribution >= 4 is 0 Å². The Bertz CT molecular complexity index is 462. The Labute approximate surface area is 133 Å². The van der Waals surface area contributed by atoms with E-state index in [4.69, 9.17) is 4.74 Å². The van der Waals surface area contributed by atoms with Crippen molar-refractivity contribution in [1.29, 1.82) is 0 Å². The topological polar surface area (TPSA) is 44.7 Å². The van der Waals surface area contributed by atoms with Crippen LogP contribution in [0.2, 0.25) is 0 Å². The Balaban J connectivity index is 1.96. The number of hydrogen-bond acceptors (Lipinski definition) is 4. The first-order valence-corrected chi connectivity index (χ1v) is 8.62. The summed E-state index contributed by atoms with van der Waals surface area (Å²) < 4.78 is 5.59. The molecule has 3 rings (SSSR count). The summed E-state index contributed by atoms with van der Waals surface area (Å²) in [6, 6.07) is 5.93. The van der Waals surface area contributed by atoms with E-state index in [2.05, 4.69) is 10.2 Å². The van der Waals surface area contributed by atoms with Crippen LogP contribution in [0.25, 0.3) is 0 Å². The summed E-state index contributed by atoms with van der Waals surface area (Å²) in [5.41, 5.74) is 0.999. The molecule has 1 heterocycles. The zero-order valence-corrected chi connectivity index (χ0v) is 13.6. The van der Waals surface area contributed by atoms with Crippen molar-refractivity contribution in [3.8, 4) is 11.5 Å². The molecular formula is C18H28N2O2. The molecule has 2 N–H and O–H groups in total. The molecule has 22 heavy (non-hydrogen) atoms. The number of nitrogens with zero attached hydrogens (tertiary/aromatic N) is 1. The minimum absolute atomic E-state index is 0.276. The molecule has 1 aliphatic carbocycles. The van der Waals surface area contributed by atoms with Gasteiger partial charge in [0.25, 0.3) is 0 Å². The van der Waals surface area contributed by atoms with Crippen molar-refractivity contribution in [2.24, 2.45) is 5.92 Å². The summed E-state index contributed by atoms with van der Waals surface area (Å²) in [7, 11) is 1.70. The fraction of sp³-hybridized carbons (Fsp3) is 0.667. The van der Waals surface area contributed by atoms with Gasteiger partial charge in [0.05, 0.1) is 12.7 Å². The zero-order chi connectivity index (χ0) is 15.4. The first-order chi connectivity index (χ1) is 10.8. The second-order valence-electron chi connectivity index (χ2n) is 6.52. The molecule has 4 heteroatoms. The number of hydrogen-bond donors (Lipinski definition) is 2. The largest absolute Gasteiger partial charge is 0.507 e. The van der Waals surface area contributed by atoms with Crippen molar-refractivity contribution < 1.29 is 9.84 Å². The van der Waals surface area contributed by atoms with Crippen LogP contribution in [0.3, 0.4) is 0 Å². The Kier molecular flexibility index (Phi) is 5.21. The predicted octanol–water partition coefficient (Wildman–Crippen LogP) is 2.93. The molecule has 122 valence electrons. The molecular weight excluding hydrogens is 276 g/mol. The summed E-state index contributed by atoms with van der Waals surface area (Å²) in [5, 5.41) is 14.0. The molecule has 1 saturated heterocycles. The monoisotopic (exact) mass is 304 g/mol. The van der Waals surface area contributed by atoms with E-state index >= 15 is 0 Å². The molecule has 0 amide bonds. The van der Waals surface area contributed by atoms with Gasteiger partial charge in [-0.3, -0.25) is 4.90 Å². The van der Waals surface area contributed by atoms with Crippen LogP contribution in [0.4, 0.5) is 0 Å². The van der Waals surface area contributed by atoms with Gasteiger partial charge >= 0.3 is 0 Å². The lowest BCUT2D eigenvalue weighted by molar-refractivity contribution is 0.0991. The number of ether oxygens (including phenoxy) is 1. The van der Waals surface area contributed by atoms with E-state index in [9.17, 15) is 5.11 Å². The van der Waals surface area contributed by atoms with Gasteiger partial charge in [-0.1, -0.05) is 25.3 Å². The van der Waals surface area contributed by atoms with Crippen molar-refractivity contribution in [3.63, 3.8) is 0 Å². The maximum absolute atomic E-state index is 10.5. The third-order valence-electron chi connectivity index (χ3n) is 5.20. The highest BCUT2D eigenvalue weighted by Gasteiger charge is 2.34. The summed E-state index contributed by atoms with van der Waals surface area (Å²) in [5.74, 6) is 1.83. The molecule has 1 saturated carbocycles. The van der Waals surface area contributed by atoms with Gasteiger partial charge in [-0.05, 0) is 30.9 Å². The third-order valence-corrected chi connectivity index (χ3v) is 5.20. The molecule has 0 radical (unpaired) electrons. The van der Waals surface area contributed by atoms with Crippen LogP contribution in [0.1, 0.15) is 43.7 Å². The molecule has 1 aliphatic heterocycles. The molecule has 0 bridgehead atoms. The number of phenols is 1. The average molecular weight is 304 g/mol. The molecule has 0 unspecified atom stereocenters. The van der Waals surface area contributed by atoms with Crippen LogP contribution < -0.4 is 10.1 Å². The highest BCUT2D eigenvalue weighted by atomic mass is 16.5. The van der Waals surface area contributed by atoms with Gasteiger partial charge in [-0.25, -0.2) is 0 Å². The molecule has 1 aromatic carbocycles. The molecule has 0 spiro atoms. The minimum atomic E-state index is 0.276.